The van der Waals surface area contributed by atoms with E-state index >= 15 is 0 Å². The molecule has 0 aliphatic carbocycles. The van der Waals surface area contributed by atoms with Gasteiger partial charge in [0.25, 0.3) is 5.91 Å². The Morgan fingerprint density at radius 3 is 2.21 bits per heavy atom. The number of ether oxygens (including phenoxy) is 1. The van der Waals surface area contributed by atoms with E-state index in [2.05, 4.69) is 31.0 Å². The zero-order chi connectivity index (χ0) is 20.9. The first-order valence-corrected chi connectivity index (χ1v) is 10.3. The number of piperidine rings is 1. The highest BCUT2D eigenvalue weighted by Gasteiger charge is 2.27. The summed E-state index contributed by atoms with van der Waals surface area (Å²) in [4.78, 5) is 28.7. The molecule has 0 unspecified atom stereocenters. The molecule has 1 aromatic carbocycles. The van der Waals surface area contributed by atoms with Gasteiger partial charge in [-0.2, -0.15) is 0 Å². The van der Waals surface area contributed by atoms with E-state index in [1.54, 1.807) is 4.90 Å². The highest BCUT2D eigenvalue weighted by Crippen LogP contribution is 2.19. The van der Waals surface area contributed by atoms with Crippen LogP contribution in [0, 0.1) is 0 Å². The third kappa shape index (κ3) is 6.14. The number of anilines is 1. The van der Waals surface area contributed by atoms with Gasteiger partial charge in [0, 0.05) is 43.0 Å². The molecule has 1 aliphatic rings. The number of carbonyl (C=O) groups excluding carboxylic acids is 2. The SMILES string of the molecule is CCN(c1ccc(C(=O)NC2CCN(C(=O)OC(C)(C)C)CC2)cc1)C(C)C. The van der Waals surface area contributed by atoms with Gasteiger partial charge in [-0.05, 0) is 78.6 Å². The topological polar surface area (TPSA) is 61.9 Å². The highest BCUT2D eigenvalue weighted by atomic mass is 16.6. The molecule has 1 fully saturated rings. The van der Waals surface area contributed by atoms with E-state index in [0.717, 1.165) is 25.1 Å². The van der Waals surface area contributed by atoms with Crippen molar-refractivity contribution in [2.45, 2.75) is 72.1 Å². The standard InChI is InChI=1S/C22H35N3O3/c1-7-25(16(2)3)19-10-8-17(9-11-19)20(26)23-18-12-14-24(15-13-18)21(27)28-22(4,5)6/h8-11,16,18H,7,12-15H2,1-6H3,(H,23,26). The van der Waals surface area contributed by atoms with Crippen LogP contribution in [0.25, 0.3) is 0 Å². The second-order valence-electron chi connectivity index (χ2n) is 8.64. The Labute approximate surface area is 169 Å². The van der Waals surface area contributed by atoms with E-state index in [1.807, 2.05) is 45.0 Å². The van der Waals surface area contributed by atoms with Crippen LogP contribution in [0.4, 0.5) is 10.5 Å². The van der Waals surface area contributed by atoms with Gasteiger partial charge in [-0.1, -0.05) is 0 Å². The average molecular weight is 390 g/mol. The predicted octanol–water partition coefficient (Wildman–Crippen LogP) is 4.05. The van der Waals surface area contributed by atoms with Crippen molar-refractivity contribution in [2.75, 3.05) is 24.5 Å². The van der Waals surface area contributed by atoms with Gasteiger partial charge >= 0.3 is 6.09 Å². The number of hydrogen-bond acceptors (Lipinski definition) is 4. The zero-order valence-electron chi connectivity index (χ0n) is 18.1. The minimum atomic E-state index is -0.489. The van der Waals surface area contributed by atoms with Crippen molar-refractivity contribution in [3.05, 3.63) is 29.8 Å². The van der Waals surface area contributed by atoms with Crippen LogP contribution in [-0.2, 0) is 4.74 Å². The smallest absolute Gasteiger partial charge is 0.410 e. The fourth-order valence-corrected chi connectivity index (χ4v) is 3.45. The molecule has 0 saturated carbocycles. The number of rotatable bonds is 5. The molecule has 1 aromatic rings. The molecule has 1 heterocycles. The molecule has 0 radical (unpaired) electrons. The number of carbonyl (C=O) groups is 2. The van der Waals surface area contributed by atoms with Gasteiger partial charge in [0.15, 0.2) is 0 Å². The number of nitrogens with one attached hydrogen (secondary N) is 1. The van der Waals surface area contributed by atoms with Gasteiger partial charge in [-0.3, -0.25) is 4.79 Å². The molecule has 2 rings (SSSR count). The van der Waals surface area contributed by atoms with Crippen LogP contribution in [0.5, 0.6) is 0 Å². The second-order valence-corrected chi connectivity index (χ2v) is 8.64. The lowest BCUT2D eigenvalue weighted by atomic mass is 10.0. The molecule has 0 aromatic heterocycles. The minimum Gasteiger partial charge on any atom is -0.444 e. The quantitative estimate of drug-likeness (QED) is 0.825. The van der Waals surface area contributed by atoms with E-state index in [0.29, 0.717) is 24.7 Å². The maximum atomic E-state index is 12.6. The molecule has 6 heteroatoms. The Balaban J connectivity index is 1.86. The lowest BCUT2D eigenvalue weighted by Gasteiger charge is -2.33. The summed E-state index contributed by atoms with van der Waals surface area (Å²) in [6, 6.07) is 8.26. The molecule has 6 nitrogen and oxygen atoms in total. The van der Waals surface area contributed by atoms with Gasteiger partial charge in [0.1, 0.15) is 5.60 Å². The average Bonchev–Trinajstić information content (AvgIpc) is 2.61. The van der Waals surface area contributed by atoms with E-state index in [-0.39, 0.29) is 18.0 Å². The summed E-state index contributed by atoms with van der Waals surface area (Å²) in [7, 11) is 0. The molecule has 0 atom stereocenters. The molecule has 1 N–H and O–H groups in total. The summed E-state index contributed by atoms with van der Waals surface area (Å²) in [5.74, 6) is -0.0603. The Bertz CT molecular complexity index is 657. The van der Waals surface area contributed by atoms with Crippen LogP contribution in [0.2, 0.25) is 0 Å². The first-order valence-electron chi connectivity index (χ1n) is 10.3. The van der Waals surface area contributed by atoms with Crippen molar-refractivity contribution in [2.24, 2.45) is 0 Å². The molecule has 1 aliphatic heterocycles. The third-order valence-electron chi connectivity index (χ3n) is 4.91. The number of amides is 2. The molecular formula is C22H35N3O3. The van der Waals surface area contributed by atoms with E-state index in [9.17, 15) is 9.59 Å². The van der Waals surface area contributed by atoms with Gasteiger partial charge in [-0.15, -0.1) is 0 Å². The Morgan fingerprint density at radius 1 is 1.18 bits per heavy atom. The van der Waals surface area contributed by atoms with Gasteiger partial charge < -0.3 is 19.9 Å². The molecule has 2 amide bonds. The predicted molar refractivity (Wildman–Crippen MR) is 113 cm³/mol. The summed E-state index contributed by atoms with van der Waals surface area (Å²) >= 11 is 0. The van der Waals surface area contributed by atoms with Crippen molar-refractivity contribution in [3.8, 4) is 0 Å². The Kier molecular flexibility index (Phi) is 7.33. The maximum Gasteiger partial charge on any atom is 0.410 e. The van der Waals surface area contributed by atoms with Crippen LogP contribution in [0.15, 0.2) is 24.3 Å². The van der Waals surface area contributed by atoms with Crippen LogP contribution in [0.1, 0.15) is 64.7 Å². The maximum absolute atomic E-state index is 12.6. The summed E-state index contributed by atoms with van der Waals surface area (Å²) in [5.41, 5.74) is 1.30. The molecule has 156 valence electrons. The molecular weight excluding hydrogens is 354 g/mol. The normalized spacial score (nSPS) is 15.5. The fraction of sp³-hybridized carbons (Fsp3) is 0.636. The Morgan fingerprint density at radius 2 is 1.75 bits per heavy atom. The summed E-state index contributed by atoms with van der Waals surface area (Å²) in [5, 5.41) is 3.10. The van der Waals surface area contributed by atoms with Gasteiger partial charge in [-0.25, -0.2) is 4.79 Å². The monoisotopic (exact) mass is 389 g/mol. The van der Waals surface area contributed by atoms with E-state index in [4.69, 9.17) is 4.74 Å². The zero-order valence-corrected chi connectivity index (χ0v) is 18.1. The highest BCUT2D eigenvalue weighted by molar-refractivity contribution is 5.94. The van der Waals surface area contributed by atoms with Crippen LogP contribution < -0.4 is 10.2 Å². The minimum absolute atomic E-state index is 0.0603. The fourth-order valence-electron chi connectivity index (χ4n) is 3.45. The number of benzene rings is 1. The molecule has 1 saturated heterocycles. The van der Waals surface area contributed by atoms with Crippen LogP contribution >= 0.6 is 0 Å². The lowest BCUT2D eigenvalue weighted by Crippen LogP contribution is -2.47. The summed E-state index contributed by atoms with van der Waals surface area (Å²) in [6.07, 6.45) is 1.19. The van der Waals surface area contributed by atoms with E-state index in [1.165, 1.54) is 0 Å². The largest absolute Gasteiger partial charge is 0.444 e. The first kappa shape index (κ1) is 22.1. The van der Waals surface area contributed by atoms with Gasteiger partial charge in [0.2, 0.25) is 0 Å². The van der Waals surface area contributed by atoms with Crippen molar-refractivity contribution in [1.29, 1.82) is 0 Å². The summed E-state index contributed by atoms with van der Waals surface area (Å²) < 4.78 is 5.41. The number of hydrogen-bond donors (Lipinski definition) is 1. The third-order valence-corrected chi connectivity index (χ3v) is 4.91. The van der Waals surface area contributed by atoms with Crippen molar-refractivity contribution >= 4 is 17.7 Å². The lowest BCUT2D eigenvalue weighted by molar-refractivity contribution is 0.0199. The molecule has 0 spiro atoms. The van der Waals surface area contributed by atoms with Crippen LogP contribution in [0.3, 0.4) is 0 Å². The number of likely N-dealkylation sites (tertiary alicyclic amines) is 1. The van der Waals surface area contributed by atoms with Crippen molar-refractivity contribution in [1.82, 2.24) is 10.2 Å². The van der Waals surface area contributed by atoms with Crippen LogP contribution in [-0.4, -0.2) is 54.2 Å². The second kappa shape index (κ2) is 9.30. The molecule has 0 bridgehead atoms. The van der Waals surface area contributed by atoms with Crippen molar-refractivity contribution < 1.29 is 14.3 Å². The van der Waals surface area contributed by atoms with E-state index < -0.39 is 5.60 Å². The Hall–Kier alpha value is -2.24. The van der Waals surface area contributed by atoms with Crippen molar-refractivity contribution in [3.63, 3.8) is 0 Å². The first-order chi connectivity index (χ1) is 13.1. The molecule has 28 heavy (non-hydrogen) atoms. The van der Waals surface area contributed by atoms with Gasteiger partial charge in [0.05, 0.1) is 0 Å². The summed E-state index contributed by atoms with van der Waals surface area (Å²) in [6.45, 7) is 14.2. The number of nitrogens with zero attached hydrogens (tertiary/aromatic N) is 2.